The molecule has 1 aromatic heterocycles. The van der Waals surface area contributed by atoms with Gasteiger partial charge >= 0.3 is 0 Å². The van der Waals surface area contributed by atoms with Crippen LogP contribution in [-0.2, 0) is 5.91 Å². The first-order chi connectivity index (χ1) is 10.3. The smallest absolute Gasteiger partial charge is 0.279 e. The third-order valence-electron chi connectivity index (χ3n) is 3.31. The molecule has 0 fully saturated rings. The fourth-order valence-corrected chi connectivity index (χ4v) is 2.01. The average Bonchev–Trinajstić information content (AvgIpc) is 2.44. The maximum Gasteiger partial charge on any atom is 0.279 e. The summed E-state index contributed by atoms with van der Waals surface area (Å²) in [4.78, 5) is 4.29. The predicted molar refractivity (Wildman–Crippen MR) is 76.0 cm³/mol. The number of aliphatic hydroxyl groups is 2. The minimum Gasteiger partial charge on any atom is -0.455 e. The molecule has 0 radical (unpaired) electrons. The molecule has 4 N–H and O–H groups in total. The van der Waals surface area contributed by atoms with E-state index in [9.17, 15) is 14.6 Å². The van der Waals surface area contributed by atoms with Crippen LogP contribution in [0.25, 0.3) is 0 Å². The molecule has 1 aromatic carbocycles. The molecular formula is C15H17FN2O4. The zero-order valence-electron chi connectivity index (χ0n) is 12.4. The van der Waals surface area contributed by atoms with E-state index in [1.807, 2.05) is 13.8 Å². The molecule has 22 heavy (non-hydrogen) atoms. The van der Waals surface area contributed by atoms with E-state index >= 15 is 0 Å². The first kappa shape index (κ1) is 16.3. The number of ether oxygens (including phenoxy) is 1. The number of nitrogens with zero attached hydrogens (tertiary/aromatic N) is 1. The second-order valence-corrected chi connectivity index (χ2v) is 4.97. The second kappa shape index (κ2) is 5.98. The standard InChI is InChI=1S/C15H17FN2O4/c1-8-7-13(10(3)17-9(8)2)22-12-6-4-5-11(16)14(12)15(19,20)18-21/h4-7,18-21H,1-3H3. The predicted octanol–water partition coefficient (Wildman–Crippen LogP) is 2.01. The Morgan fingerprint density at radius 2 is 1.82 bits per heavy atom. The van der Waals surface area contributed by atoms with Crippen LogP contribution in [0.3, 0.4) is 0 Å². The van der Waals surface area contributed by atoms with Gasteiger partial charge in [-0.3, -0.25) is 4.98 Å². The van der Waals surface area contributed by atoms with Crippen molar-refractivity contribution in [2.24, 2.45) is 0 Å². The molecule has 0 unspecified atom stereocenters. The molecule has 0 aliphatic carbocycles. The quantitative estimate of drug-likeness (QED) is 0.510. The summed E-state index contributed by atoms with van der Waals surface area (Å²) in [5.74, 6) is -3.73. The monoisotopic (exact) mass is 308 g/mol. The third-order valence-corrected chi connectivity index (χ3v) is 3.31. The van der Waals surface area contributed by atoms with Crippen molar-refractivity contribution in [2.75, 3.05) is 0 Å². The van der Waals surface area contributed by atoms with Crippen LogP contribution < -0.4 is 10.2 Å². The maximum absolute atomic E-state index is 13.9. The van der Waals surface area contributed by atoms with E-state index in [4.69, 9.17) is 9.94 Å². The zero-order valence-corrected chi connectivity index (χ0v) is 12.4. The van der Waals surface area contributed by atoms with Gasteiger partial charge in [-0.15, -0.1) is 5.48 Å². The number of benzene rings is 1. The molecule has 2 aromatic rings. The molecule has 118 valence electrons. The van der Waals surface area contributed by atoms with Crippen molar-refractivity contribution >= 4 is 0 Å². The van der Waals surface area contributed by atoms with Crippen molar-refractivity contribution in [1.82, 2.24) is 10.5 Å². The molecule has 0 bridgehead atoms. The lowest BCUT2D eigenvalue weighted by Gasteiger charge is -2.23. The fourth-order valence-electron chi connectivity index (χ4n) is 2.01. The Morgan fingerprint density at radius 1 is 1.14 bits per heavy atom. The number of pyridine rings is 1. The summed E-state index contributed by atoms with van der Waals surface area (Å²) in [6, 6.07) is 5.44. The SMILES string of the molecule is Cc1cc(Oc2cccc(F)c2C(O)(O)NO)c(C)nc1C. The number of rotatable bonds is 4. The Balaban J connectivity index is 2.51. The Bertz CT molecular complexity index is 704. The molecule has 0 aliphatic rings. The molecule has 0 amide bonds. The van der Waals surface area contributed by atoms with Gasteiger partial charge in [-0.25, -0.2) is 4.39 Å². The number of hydrogen-bond acceptors (Lipinski definition) is 6. The Labute approximate surface area is 126 Å². The van der Waals surface area contributed by atoms with Gasteiger partial charge in [-0.2, -0.15) is 0 Å². The van der Waals surface area contributed by atoms with E-state index in [2.05, 4.69) is 4.98 Å². The molecule has 1 heterocycles. The van der Waals surface area contributed by atoms with Gasteiger partial charge < -0.3 is 20.2 Å². The number of hydroxylamine groups is 1. The lowest BCUT2D eigenvalue weighted by molar-refractivity contribution is -0.252. The molecule has 0 saturated carbocycles. The summed E-state index contributed by atoms with van der Waals surface area (Å²) >= 11 is 0. The highest BCUT2D eigenvalue weighted by Crippen LogP contribution is 2.34. The summed E-state index contributed by atoms with van der Waals surface area (Å²) in [7, 11) is 0. The van der Waals surface area contributed by atoms with Crippen molar-refractivity contribution in [1.29, 1.82) is 0 Å². The van der Waals surface area contributed by atoms with Crippen molar-refractivity contribution < 1.29 is 24.5 Å². The van der Waals surface area contributed by atoms with E-state index < -0.39 is 17.3 Å². The van der Waals surface area contributed by atoms with Gasteiger partial charge in [0.2, 0.25) is 0 Å². The Kier molecular flexibility index (Phi) is 4.43. The lowest BCUT2D eigenvalue weighted by atomic mass is 10.1. The van der Waals surface area contributed by atoms with Crippen LogP contribution in [0.5, 0.6) is 11.5 Å². The number of hydrogen-bond donors (Lipinski definition) is 4. The molecule has 0 atom stereocenters. The van der Waals surface area contributed by atoms with Gasteiger partial charge in [0, 0.05) is 5.69 Å². The summed E-state index contributed by atoms with van der Waals surface area (Å²) in [6.45, 7) is 5.41. The van der Waals surface area contributed by atoms with Crippen LogP contribution in [-0.4, -0.2) is 20.4 Å². The number of nitrogens with one attached hydrogen (secondary N) is 1. The molecule has 0 aliphatic heterocycles. The first-order valence-electron chi connectivity index (χ1n) is 6.54. The van der Waals surface area contributed by atoms with E-state index in [1.54, 1.807) is 13.0 Å². The molecule has 0 spiro atoms. The van der Waals surface area contributed by atoms with Gasteiger partial charge in [0.05, 0.1) is 5.69 Å². The van der Waals surface area contributed by atoms with Crippen molar-refractivity contribution in [3.8, 4) is 11.5 Å². The molecule has 0 saturated heterocycles. The number of halogens is 1. The molecule has 2 rings (SSSR count). The van der Waals surface area contributed by atoms with Crippen molar-refractivity contribution in [2.45, 2.75) is 26.7 Å². The fraction of sp³-hybridized carbons (Fsp3) is 0.267. The minimum absolute atomic E-state index is 0.153. The van der Waals surface area contributed by atoms with Crippen LogP contribution in [0, 0.1) is 26.6 Å². The van der Waals surface area contributed by atoms with Gasteiger partial charge in [0.15, 0.2) is 0 Å². The van der Waals surface area contributed by atoms with Gasteiger partial charge in [-0.1, -0.05) is 6.07 Å². The summed E-state index contributed by atoms with van der Waals surface area (Å²) in [6.07, 6.45) is 0. The Morgan fingerprint density at radius 3 is 2.45 bits per heavy atom. The first-order valence-corrected chi connectivity index (χ1v) is 6.54. The minimum atomic E-state index is -2.98. The van der Waals surface area contributed by atoms with Crippen LogP contribution in [0.1, 0.15) is 22.5 Å². The van der Waals surface area contributed by atoms with E-state index in [0.29, 0.717) is 11.4 Å². The van der Waals surface area contributed by atoms with E-state index in [-0.39, 0.29) is 5.75 Å². The number of aryl methyl sites for hydroxylation is 3. The summed E-state index contributed by atoms with van der Waals surface area (Å²) in [5, 5.41) is 28.1. The lowest BCUT2D eigenvalue weighted by Crippen LogP contribution is -2.41. The van der Waals surface area contributed by atoms with Gasteiger partial charge in [0.1, 0.15) is 22.9 Å². The van der Waals surface area contributed by atoms with Gasteiger partial charge in [0.25, 0.3) is 5.91 Å². The van der Waals surface area contributed by atoms with Crippen LogP contribution in [0.4, 0.5) is 4.39 Å². The Hall–Kier alpha value is -2.06. The summed E-state index contributed by atoms with van der Waals surface area (Å²) in [5.41, 5.74) is 2.88. The van der Waals surface area contributed by atoms with E-state index in [0.717, 1.165) is 17.3 Å². The molecular weight excluding hydrogens is 291 g/mol. The average molecular weight is 308 g/mol. The normalized spacial score (nSPS) is 11.6. The maximum atomic E-state index is 13.9. The second-order valence-electron chi connectivity index (χ2n) is 4.97. The summed E-state index contributed by atoms with van der Waals surface area (Å²) < 4.78 is 19.5. The van der Waals surface area contributed by atoms with Crippen LogP contribution >= 0.6 is 0 Å². The highest BCUT2D eigenvalue weighted by molar-refractivity contribution is 5.43. The van der Waals surface area contributed by atoms with Gasteiger partial charge in [-0.05, 0) is 44.5 Å². The number of aromatic nitrogens is 1. The third kappa shape index (κ3) is 3.07. The highest BCUT2D eigenvalue weighted by atomic mass is 19.1. The largest absolute Gasteiger partial charge is 0.455 e. The van der Waals surface area contributed by atoms with Crippen LogP contribution in [0.15, 0.2) is 24.3 Å². The highest BCUT2D eigenvalue weighted by Gasteiger charge is 2.33. The molecule has 7 heteroatoms. The van der Waals surface area contributed by atoms with Crippen molar-refractivity contribution in [3.63, 3.8) is 0 Å². The zero-order chi connectivity index (χ0) is 16.5. The molecule has 6 nitrogen and oxygen atoms in total. The van der Waals surface area contributed by atoms with E-state index in [1.165, 1.54) is 17.6 Å². The van der Waals surface area contributed by atoms with Crippen LogP contribution in [0.2, 0.25) is 0 Å². The van der Waals surface area contributed by atoms with Crippen molar-refractivity contribution in [3.05, 3.63) is 52.6 Å². The topological polar surface area (TPSA) is 94.8 Å².